The van der Waals surface area contributed by atoms with E-state index < -0.39 is 0 Å². The third-order valence-electron chi connectivity index (χ3n) is 3.20. The lowest BCUT2D eigenvalue weighted by Gasteiger charge is -2.01. The molecule has 0 aliphatic carbocycles. The minimum Gasteiger partial charge on any atom is -0.458 e. The number of anilines is 1. The third kappa shape index (κ3) is 6.55. The molecule has 2 rings (SSSR count). The normalized spacial score (nSPS) is 11.5. The van der Waals surface area contributed by atoms with Gasteiger partial charge in [0.05, 0.1) is 6.54 Å². The summed E-state index contributed by atoms with van der Waals surface area (Å²) in [6.07, 6.45) is 1.87. The predicted octanol–water partition coefficient (Wildman–Crippen LogP) is 2.19. The van der Waals surface area contributed by atoms with Gasteiger partial charge in [0, 0.05) is 32.6 Å². The topological polar surface area (TPSA) is 115 Å². The number of carbonyl (C=O) groups excluding carboxylic acids is 1. The third-order valence-corrected chi connectivity index (χ3v) is 3.96. The summed E-state index contributed by atoms with van der Waals surface area (Å²) in [5.74, 6) is 1.55. The highest BCUT2D eigenvalue weighted by Gasteiger charge is 2.10. The van der Waals surface area contributed by atoms with E-state index in [1.807, 2.05) is 17.5 Å². The van der Waals surface area contributed by atoms with Gasteiger partial charge in [0.1, 0.15) is 11.5 Å². The van der Waals surface area contributed by atoms with Gasteiger partial charge in [-0.25, -0.2) is 4.98 Å². The Labute approximate surface area is 150 Å². The number of ether oxygens (including phenoxy) is 1. The molecule has 0 bridgehead atoms. The van der Waals surface area contributed by atoms with Crippen molar-refractivity contribution >= 4 is 28.3 Å². The maximum absolute atomic E-state index is 10.9. The van der Waals surface area contributed by atoms with Crippen molar-refractivity contribution in [2.24, 2.45) is 10.7 Å². The second kappa shape index (κ2) is 9.80. The van der Waals surface area contributed by atoms with Crippen LogP contribution in [0.15, 0.2) is 26.9 Å². The Hall–Kier alpha value is -2.39. The quantitative estimate of drug-likeness (QED) is 0.356. The summed E-state index contributed by atoms with van der Waals surface area (Å²) in [6, 6.07) is 3.64. The van der Waals surface area contributed by atoms with Gasteiger partial charge in [-0.3, -0.25) is 9.79 Å². The summed E-state index contributed by atoms with van der Waals surface area (Å²) in [5, 5.41) is 8.18. The lowest BCUT2D eigenvalue weighted by molar-refractivity contribution is -0.119. The van der Waals surface area contributed by atoms with Crippen LogP contribution in [0.2, 0.25) is 0 Å². The van der Waals surface area contributed by atoms with Crippen molar-refractivity contribution in [2.45, 2.75) is 26.3 Å². The van der Waals surface area contributed by atoms with E-state index in [1.165, 1.54) is 18.3 Å². The molecule has 1 amide bonds. The van der Waals surface area contributed by atoms with Crippen LogP contribution in [0, 0.1) is 0 Å². The summed E-state index contributed by atoms with van der Waals surface area (Å²) in [7, 11) is 1.68. The number of aliphatic imine (C=N–C) groups is 1. The largest absolute Gasteiger partial charge is 0.458 e. The molecule has 0 aliphatic rings. The molecule has 0 saturated carbocycles. The van der Waals surface area contributed by atoms with Gasteiger partial charge >= 0.3 is 0 Å². The second-order valence-electron chi connectivity index (χ2n) is 5.31. The number of hydrogen-bond donors (Lipinski definition) is 3. The van der Waals surface area contributed by atoms with E-state index in [0.29, 0.717) is 41.4 Å². The molecule has 0 saturated heterocycles. The van der Waals surface area contributed by atoms with Crippen molar-refractivity contribution < 1.29 is 13.9 Å². The number of amides is 1. The molecule has 0 aromatic carbocycles. The fraction of sp³-hybridized carbons (Fsp3) is 0.438. The highest BCUT2D eigenvalue weighted by molar-refractivity contribution is 7.14. The molecule has 0 spiro atoms. The summed E-state index contributed by atoms with van der Waals surface area (Å²) in [5.41, 5.74) is 6.55. The molecule has 2 aromatic rings. The summed E-state index contributed by atoms with van der Waals surface area (Å²) >= 11 is 1.41. The number of guanidine groups is 1. The van der Waals surface area contributed by atoms with E-state index in [1.54, 1.807) is 7.11 Å². The zero-order chi connectivity index (χ0) is 18.1. The van der Waals surface area contributed by atoms with Crippen LogP contribution in [0.1, 0.15) is 25.5 Å². The zero-order valence-corrected chi connectivity index (χ0v) is 15.2. The first kappa shape index (κ1) is 18.9. The standard InChI is InChI=1S/C16H23N5O3S/c1-11(22)19-9-12-5-6-14(24-12)13-10-25-16(20-13)21-15(17)18-7-3-4-8-23-2/h5-6,10H,3-4,7-9H2,1-2H3,(H,19,22)(H3,17,18,20,21). The van der Waals surface area contributed by atoms with Crippen LogP contribution in [0.4, 0.5) is 5.13 Å². The Morgan fingerprint density at radius 1 is 1.44 bits per heavy atom. The Morgan fingerprint density at radius 3 is 3.04 bits per heavy atom. The molecule has 0 fully saturated rings. The van der Waals surface area contributed by atoms with Crippen molar-refractivity contribution in [1.29, 1.82) is 0 Å². The molecular formula is C16H23N5O3S. The van der Waals surface area contributed by atoms with E-state index in [0.717, 1.165) is 19.4 Å². The number of thiazole rings is 1. The lowest BCUT2D eigenvalue weighted by atomic mass is 10.3. The van der Waals surface area contributed by atoms with Gasteiger partial charge in [-0.05, 0) is 25.0 Å². The van der Waals surface area contributed by atoms with E-state index >= 15 is 0 Å². The number of furan rings is 1. The summed E-state index contributed by atoms with van der Waals surface area (Å²) in [6.45, 7) is 3.19. The summed E-state index contributed by atoms with van der Waals surface area (Å²) < 4.78 is 10.7. The number of carbonyl (C=O) groups is 1. The van der Waals surface area contributed by atoms with Gasteiger partial charge < -0.3 is 25.5 Å². The summed E-state index contributed by atoms with van der Waals surface area (Å²) in [4.78, 5) is 19.6. The van der Waals surface area contributed by atoms with Crippen molar-refractivity contribution in [1.82, 2.24) is 10.3 Å². The van der Waals surface area contributed by atoms with Crippen molar-refractivity contribution in [2.75, 3.05) is 25.6 Å². The van der Waals surface area contributed by atoms with E-state index in [9.17, 15) is 4.79 Å². The maximum Gasteiger partial charge on any atom is 0.217 e. The number of rotatable bonds is 9. The molecule has 8 nitrogen and oxygen atoms in total. The first-order valence-corrected chi connectivity index (χ1v) is 8.81. The van der Waals surface area contributed by atoms with Gasteiger partial charge in [0.15, 0.2) is 16.9 Å². The van der Waals surface area contributed by atoms with Gasteiger partial charge in [0.2, 0.25) is 5.91 Å². The highest BCUT2D eigenvalue weighted by Crippen LogP contribution is 2.26. The Bertz CT molecular complexity index is 710. The molecule has 25 heavy (non-hydrogen) atoms. The molecule has 0 atom stereocenters. The minimum atomic E-state index is -0.102. The lowest BCUT2D eigenvalue weighted by Crippen LogP contribution is -2.22. The van der Waals surface area contributed by atoms with Gasteiger partial charge in [-0.2, -0.15) is 0 Å². The number of nitrogens with zero attached hydrogens (tertiary/aromatic N) is 2. The van der Waals surface area contributed by atoms with Crippen molar-refractivity contribution in [3.63, 3.8) is 0 Å². The predicted molar refractivity (Wildman–Crippen MR) is 98.6 cm³/mol. The van der Waals surface area contributed by atoms with Crippen LogP contribution < -0.4 is 16.4 Å². The van der Waals surface area contributed by atoms with Crippen LogP contribution >= 0.6 is 11.3 Å². The van der Waals surface area contributed by atoms with E-state index in [-0.39, 0.29) is 5.91 Å². The van der Waals surface area contributed by atoms with Crippen LogP contribution in [0.25, 0.3) is 11.5 Å². The molecule has 9 heteroatoms. The molecule has 2 heterocycles. The fourth-order valence-corrected chi connectivity index (χ4v) is 2.68. The maximum atomic E-state index is 10.9. The number of nitrogens with two attached hydrogens (primary N) is 1. The number of hydrogen-bond acceptors (Lipinski definition) is 6. The van der Waals surface area contributed by atoms with E-state index in [4.69, 9.17) is 14.9 Å². The monoisotopic (exact) mass is 365 g/mol. The van der Waals surface area contributed by atoms with Gasteiger partial charge in [-0.1, -0.05) is 0 Å². The second-order valence-corrected chi connectivity index (χ2v) is 6.16. The van der Waals surface area contributed by atoms with Crippen LogP contribution in [-0.4, -0.2) is 37.1 Å². The SMILES string of the molecule is COCCCCN=C(N)Nc1nc(-c2ccc(CNC(C)=O)o2)cs1. The first-order chi connectivity index (χ1) is 12.1. The Kier molecular flexibility index (Phi) is 7.42. The van der Waals surface area contributed by atoms with Crippen LogP contribution in [0.3, 0.4) is 0 Å². The van der Waals surface area contributed by atoms with Gasteiger partial charge in [-0.15, -0.1) is 11.3 Å². The molecular weight excluding hydrogens is 342 g/mol. The van der Waals surface area contributed by atoms with Crippen LogP contribution in [0.5, 0.6) is 0 Å². The van der Waals surface area contributed by atoms with Gasteiger partial charge in [0.25, 0.3) is 0 Å². The minimum absolute atomic E-state index is 0.102. The average Bonchev–Trinajstić information content (AvgIpc) is 3.21. The Balaban J connectivity index is 1.87. The zero-order valence-electron chi connectivity index (χ0n) is 14.4. The number of aromatic nitrogens is 1. The van der Waals surface area contributed by atoms with Crippen molar-refractivity contribution in [3.8, 4) is 11.5 Å². The van der Waals surface area contributed by atoms with Crippen LogP contribution in [-0.2, 0) is 16.1 Å². The molecule has 2 aromatic heterocycles. The average molecular weight is 365 g/mol. The van der Waals surface area contributed by atoms with Crippen molar-refractivity contribution in [3.05, 3.63) is 23.3 Å². The first-order valence-electron chi connectivity index (χ1n) is 7.93. The molecule has 0 unspecified atom stereocenters. The molecule has 136 valence electrons. The molecule has 0 aliphatic heterocycles. The fourth-order valence-electron chi connectivity index (χ4n) is 1.97. The number of unbranched alkanes of at least 4 members (excludes halogenated alkanes) is 1. The Morgan fingerprint density at radius 2 is 2.28 bits per heavy atom. The molecule has 0 radical (unpaired) electrons. The smallest absolute Gasteiger partial charge is 0.217 e. The highest BCUT2D eigenvalue weighted by atomic mass is 32.1. The number of methoxy groups -OCH3 is 1. The number of nitrogens with one attached hydrogen (secondary N) is 2. The molecule has 4 N–H and O–H groups in total. The van der Waals surface area contributed by atoms with E-state index in [2.05, 4.69) is 20.6 Å².